The van der Waals surface area contributed by atoms with Crippen molar-refractivity contribution in [2.45, 2.75) is 13.0 Å². The zero-order valence-electron chi connectivity index (χ0n) is 10.3. The first-order chi connectivity index (χ1) is 9.15. The molecular formula is C15H12ClNO2. The number of aliphatic hydroxyl groups is 1. The van der Waals surface area contributed by atoms with Crippen molar-refractivity contribution in [1.29, 1.82) is 0 Å². The third-order valence-electron chi connectivity index (χ3n) is 3.06. The Morgan fingerprint density at radius 2 is 2.11 bits per heavy atom. The minimum absolute atomic E-state index is 0.423. The molecule has 1 atom stereocenters. The summed E-state index contributed by atoms with van der Waals surface area (Å²) in [5.41, 5.74) is 2.49. The molecule has 3 aromatic rings. The SMILES string of the molecule is Cc1ccc2oc(C(O)c3ccncc3Cl)cc2c1. The molecule has 1 aromatic carbocycles. The van der Waals surface area contributed by atoms with Gasteiger partial charge in [0.25, 0.3) is 0 Å². The molecule has 0 aliphatic rings. The minimum Gasteiger partial charge on any atom is -0.458 e. The molecule has 2 aromatic heterocycles. The van der Waals surface area contributed by atoms with E-state index < -0.39 is 6.10 Å². The van der Waals surface area contributed by atoms with Crippen LogP contribution in [0.5, 0.6) is 0 Å². The maximum Gasteiger partial charge on any atom is 0.138 e. The van der Waals surface area contributed by atoms with Crippen molar-refractivity contribution in [3.8, 4) is 0 Å². The standard InChI is InChI=1S/C15H12ClNO2/c1-9-2-3-13-10(6-9)7-14(19-13)15(18)11-4-5-17-8-12(11)16/h2-8,15,18H,1H3. The summed E-state index contributed by atoms with van der Waals surface area (Å²) < 4.78 is 5.67. The van der Waals surface area contributed by atoms with E-state index in [-0.39, 0.29) is 0 Å². The van der Waals surface area contributed by atoms with E-state index in [1.807, 2.05) is 31.2 Å². The lowest BCUT2D eigenvalue weighted by atomic mass is 10.1. The summed E-state index contributed by atoms with van der Waals surface area (Å²) >= 11 is 6.03. The maximum atomic E-state index is 10.3. The van der Waals surface area contributed by atoms with Crippen molar-refractivity contribution < 1.29 is 9.52 Å². The molecule has 0 bridgehead atoms. The summed E-state index contributed by atoms with van der Waals surface area (Å²) in [7, 11) is 0. The molecule has 1 unspecified atom stereocenters. The minimum atomic E-state index is -0.886. The van der Waals surface area contributed by atoms with Crippen LogP contribution < -0.4 is 0 Å². The van der Waals surface area contributed by atoms with Crippen LogP contribution in [0.4, 0.5) is 0 Å². The van der Waals surface area contributed by atoms with Crippen LogP contribution in [0, 0.1) is 6.92 Å². The summed E-state index contributed by atoms with van der Waals surface area (Å²) in [6, 6.07) is 9.41. The Bertz CT molecular complexity index is 736. The molecule has 1 N–H and O–H groups in total. The predicted octanol–water partition coefficient (Wildman–Crippen LogP) is 3.87. The lowest BCUT2D eigenvalue weighted by Crippen LogP contribution is -1.99. The molecule has 0 amide bonds. The second-order valence-corrected chi connectivity index (χ2v) is 4.90. The highest BCUT2D eigenvalue weighted by atomic mass is 35.5. The molecule has 19 heavy (non-hydrogen) atoms. The van der Waals surface area contributed by atoms with E-state index in [2.05, 4.69) is 4.98 Å². The largest absolute Gasteiger partial charge is 0.458 e. The third kappa shape index (κ3) is 2.23. The lowest BCUT2D eigenvalue weighted by molar-refractivity contribution is 0.192. The highest BCUT2D eigenvalue weighted by molar-refractivity contribution is 6.31. The molecule has 3 rings (SSSR count). The second kappa shape index (κ2) is 4.68. The highest BCUT2D eigenvalue weighted by Gasteiger charge is 2.18. The average molecular weight is 274 g/mol. The van der Waals surface area contributed by atoms with E-state index in [1.165, 1.54) is 6.20 Å². The Hall–Kier alpha value is -1.84. The first-order valence-electron chi connectivity index (χ1n) is 5.93. The van der Waals surface area contributed by atoms with Gasteiger partial charge in [0, 0.05) is 23.3 Å². The Morgan fingerprint density at radius 1 is 1.26 bits per heavy atom. The van der Waals surface area contributed by atoms with E-state index in [0.29, 0.717) is 16.3 Å². The zero-order chi connectivity index (χ0) is 13.4. The topological polar surface area (TPSA) is 46.3 Å². The number of fused-ring (bicyclic) bond motifs is 1. The summed E-state index contributed by atoms with van der Waals surface area (Å²) in [5.74, 6) is 0.480. The Morgan fingerprint density at radius 3 is 2.89 bits per heavy atom. The van der Waals surface area contributed by atoms with Gasteiger partial charge in [0.2, 0.25) is 0 Å². The van der Waals surface area contributed by atoms with Crippen LogP contribution in [-0.4, -0.2) is 10.1 Å². The fourth-order valence-electron chi connectivity index (χ4n) is 2.08. The van der Waals surface area contributed by atoms with E-state index in [4.69, 9.17) is 16.0 Å². The van der Waals surface area contributed by atoms with Crippen LogP contribution >= 0.6 is 11.6 Å². The number of aryl methyl sites for hydroxylation is 1. The molecule has 96 valence electrons. The van der Waals surface area contributed by atoms with Gasteiger partial charge >= 0.3 is 0 Å². The number of hydrogen-bond acceptors (Lipinski definition) is 3. The first-order valence-corrected chi connectivity index (χ1v) is 6.30. The number of rotatable bonds is 2. The summed E-state index contributed by atoms with van der Waals surface area (Å²) in [6.45, 7) is 2.02. The number of pyridine rings is 1. The van der Waals surface area contributed by atoms with E-state index in [1.54, 1.807) is 12.3 Å². The molecule has 0 aliphatic heterocycles. The molecule has 0 saturated heterocycles. The average Bonchev–Trinajstić information content (AvgIpc) is 2.81. The zero-order valence-corrected chi connectivity index (χ0v) is 11.1. The normalized spacial score (nSPS) is 12.8. The molecule has 0 radical (unpaired) electrons. The van der Waals surface area contributed by atoms with Crippen molar-refractivity contribution >= 4 is 22.6 Å². The van der Waals surface area contributed by atoms with Crippen LogP contribution in [0.1, 0.15) is 23.0 Å². The molecule has 0 fully saturated rings. The monoisotopic (exact) mass is 273 g/mol. The van der Waals surface area contributed by atoms with Gasteiger partial charge in [-0.1, -0.05) is 23.2 Å². The van der Waals surface area contributed by atoms with Gasteiger partial charge < -0.3 is 9.52 Å². The second-order valence-electron chi connectivity index (χ2n) is 4.49. The Labute approximate surface area is 115 Å². The van der Waals surface area contributed by atoms with Crippen LogP contribution in [0.3, 0.4) is 0 Å². The number of nitrogens with zero attached hydrogens (tertiary/aromatic N) is 1. The van der Waals surface area contributed by atoms with Crippen molar-refractivity contribution in [3.63, 3.8) is 0 Å². The number of aromatic nitrogens is 1. The van der Waals surface area contributed by atoms with E-state index in [9.17, 15) is 5.11 Å². The van der Waals surface area contributed by atoms with Gasteiger partial charge in [0.15, 0.2) is 0 Å². The number of furan rings is 1. The van der Waals surface area contributed by atoms with E-state index >= 15 is 0 Å². The first kappa shape index (κ1) is 12.2. The van der Waals surface area contributed by atoms with Crippen molar-refractivity contribution in [2.75, 3.05) is 0 Å². The molecule has 4 heteroatoms. The van der Waals surface area contributed by atoms with Crippen molar-refractivity contribution in [2.24, 2.45) is 0 Å². The molecule has 0 aliphatic carbocycles. The summed E-state index contributed by atoms with van der Waals surface area (Å²) in [6.07, 6.45) is 2.22. The molecule has 0 saturated carbocycles. The number of halogens is 1. The van der Waals surface area contributed by atoms with Gasteiger partial charge in [0.1, 0.15) is 17.4 Å². The quantitative estimate of drug-likeness (QED) is 0.771. The molecular weight excluding hydrogens is 262 g/mol. The van der Waals surface area contributed by atoms with Crippen LogP contribution in [0.25, 0.3) is 11.0 Å². The highest BCUT2D eigenvalue weighted by Crippen LogP contribution is 2.31. The number of aliphatic hydroxyl groups excluding tert-OH is 1. The summed E-state index contributed by atoms with van der Waals surface area (Å²) in [4.78, 5) is 3.90. The van der Waals surface area contributed by atoms with Gasteiger partial charge in [-0.25, -0.2) is 0 Å². The van der Waals surface area contributed by atoms with Gasteiger partial charge in [-0.15, -0.1) is 0 Å². The van der Waals surface area contributed by atoms with Gasteiger partial charge in [-0.2, -0.15) is 0 Å². The van der Waals surface area contributed by atoms with Crippen molar-refractivity contribution in [3.05, 3.63) is 64.6 Å². The lowest BCUT2D eigenvalue weighted by Gasteiger charge is -2.08. The van der Waals surface area contributed by atoms with Gasteiger partial charge in [-0.05, 0) is 31.2 Å². The smallest absolute Gasteiger partial charge is 0.138 e. The third-order valence-corrected chi connectivity index (χ3v) is 3.37. The van der Waals surface area contributed by atoms with Crippen LogP contribution in [0.15, 0.2) is 47.1 Å². The number of hydrogen-bond donors (Lipinski definition) is 1. The number of benzene rings is 1. The van der Waals surface area contributed by atoms with E-state index in [0.717, 1.165) is 16.5 Å². The van der Waals surface area contributed by atoms with Gasteiger partial charge in [0.05, 0.1) is 5.02 Å². The van der Waals surface area contributed by atoms with Crippen LogP contribution in [-0.2, 0) is 0 Å². The Kier molecular flexibility index (Phi) is 3.01. The molecule has 2 heterocycles. The van der Waals surface area contributed by atoms with Gasteiger partial charge in [-0.3, -0.25) is 4.98 Å². The fourth-order valence-corrected chi connectivity index (χ4v) is 2.30. The molecule has 3 nitrogen and oxygen atoms in total. The predicted molar refractivity (Wildman–Crippen MR) is 74.3 cm³/mol. The summed E-state index contributed by atoms with van der Waals surface area (Å²) in [5, 5.41) is 11.7. The maximum absolute atomic E-state index is 10.3. The van der Waals surface area contributed by atoms with Crippen molar-refractivity contribution in [1.82, 2.24) is 4.98 Å². The molecule has 0 spiro atoms. The fraction of sp³-hybridized carbons (Fsp3) is 0.133. The van der Waals surface area contributed by atoms with Crippen LogP contribution in [0.2, 0.25) is 5.02 Å². The Balaban J connectivity index is 2.07.